The molecule has 0 radical (unpaired) electrons. The lowest BCUT2D eigenvalue weighted by molar-refractivity contribution is 0.574. The molecular formula is C18H20BrN. The average Bonchev–Trinajstić information content (AvgIpc) is 3.31. The maximum absolute atomic E-state index is 3.58. The topological polar surface area (TPSA) is 12.0 Å². The molecule has 0 amide bonds. The molecule has 104 valence electrons. The molecule has 1 nitrogen and oxygen atoms in total. The highest BCUT2D eigenvalue weighted by atomic mass is 79.9. The Balaban J connectivity index is 1.56. The van der Waals surface area contributed by atoms with Gasteiger partial charge in [0.05, 0.1) is 0 Å². The normalized spacial score (nSPS) is 16.1. The van der Waals surface area contributed by atoms with E-state index in [1.165, 1.54) is 29.5 Å². The Morgan fingerprint density at radius 2 is 1.70 bits per heavy atom. The summed E-state index contributed by atoms with van der Waals surface area (Å²) in [5.41, 5.74) is 4.19. The number of hydrogen-bond acceptors (Lipinski definition) is 1. The van der Waals surface area contributed by atoms with E-state index < -0.39 is 0 Å². The Hall–Kier alpha value is -1.12. The highest BCUT2D eigenvalue weighted by Crippen LogP contribution is 2.39. The minimum atomic E-state index is 0.367. The van der Waals surface area contributed by atoms with Crippen LogP contribution in [0.4, 0.5) is 0 Å². The van der Waals surface area contributed by atoms with Crippen LogP contribution in [0.3, 0.4) is 0 Å². The third-order valence-corrected chi connectivity index (χ3v) is 4.54. The van der Waals surface area contributed by atoms with Gasteiger partial charge >= 0.3 is 0 Å². The van der Waals surface area contributed by atoms with Crippen LogP contribution in [0.15, 0.2) is 53.0 Å². The van der Waals surface area contributed by atoms with Crippen LogP contribution in [0, 0.1) is 0 Å². The summed E-state index contributed by atoms with van der Waals surface area (Å²) in [4.78, 5) is 0. The van der Waals surface area contributed by atoms with Crippen LogP contribution < -0.4 is 5.32 Å². The molecule has 1 saturated carbocycles. The molecule has 1 N–H and O–H groups in total. The zero-order chi connectivity index (χ0) is 13.9. The molecule has 3 rings (SSSR count). The third kappa shape index (κ3) is 3.50. The predicted octanol–water partition coefficient (Wildman–Crippen LogP) is 5.18. The molecule has 0 aliphatic heterocycles. The molecule has 0 heterocycles. The second-order valence-corrected chi connectivity index (χ2v) is 6.59. The summed E-state index contributed by atoms with van der Waals surface area (Å²) >= 11 is 3.47. The first-order valence-electron chi connectivity index (χ1n) is 7.30. The van der Waals surface area contributed by atoms with Gasteiger partial charge in [-0.05, 0) is 54.5 Å². The summed E-state index contributed by atoms with van der Waals surface area (Å²) in [6.07, 6.45) is 2.75. The van der Waals surface area contributed by atoms with Crippen molar-refractivity contribution in [3.05, 3.63) is 69.7 Å². The Morgan fingerprint density at radius 1 is 1.05 bits per heavy atom. The zero-order valence-electron chi connectivity index (χ0n) is 11.8. The summed E-state index contributed by atoms with van der Waals surface area (Å²) < 4.78 is 1.13. The van der Waals surface area contributed by atoms with Gasteiger partial charge in [0, 0.05) is 17.1 Å². The standard InChI is InChI=1S/C18H20BrN/c1-13(15-8-10-18(19)11-9-15)20-12-14-2-4-16(5-3-14)17-6-7-17/h2-5,8-11,13,17,20H,6-7,12H2,1H3/t13-/m1/s1. The molecule has 0 unspecified atom stereocenters. The molecule has 1 aliphatic rings. The zero-order valence-corrected chi connectivity index (χ0v) is 13.4. The fourth-order valence-corrected chi connectivity index (χ4v) is 2.73. The highest BCUT2D eigenvalue weighted by Gasteiger charge is 2.22. The molecule has 1 aliphatic carbocycles. The van der Waals surface area contributed by atoms with Crippen LogP contribution in [0.1, 0.15) is 48.4 Å². The molecule has 1 fully saturated rings. The van der Waals surface area contributed by atoms with Gasteiger partial charge in [-0.15, -0.1) is 0 Å². The van der Waals surface area contributed by atoms with Crippen molar-refractivity contribution < 1.29 is 0 Å². The van der Waals surface area contributed by atoms with Crippen molar-refractivity contribution in [3.63, 3.8) is 0 Å². The van der Waals surface area contributed by atoms with Gasteiger partial charge in [-0.2, -0.15) is 0 Å². The van der Waals surface area contributed by atoms with Crippen LogP contribution in [-0.4, -0.2) is 0 Å². The molecule has 2 aromatic rings. The van der Waals surface area contributed by atoms with E-state index >= 15 is 0 Å². The van der Waals surface area contributed by atoms with Crippen molar-refractivity contribution in [3.8, 4) is 0 Å². The first kappa shape index (κ1) is 13.8. The summed E-state index contributed by atoms with van der Waals surface area (Å²) in [6.45, 7) is 3.13. The van der Waals surface area contributed by atoms with E-state index in [-0.39, 0.29) is 0 Å². The molecule has 2 heteroatoms. The maximum atomic E-state index is 3.58. The van der Waals surface area contributed by atoms with Crippen LogP contribution in [0.25, 0.3) is 0 Å². The van der Waals surface area contributed by atoms with Gasteiger partial charge in [-0.3, -0.25) is 0 Å². The van der Waals surface area contributed by atoms with Gasteiger partial charge < -0.3 is 5.32 Å². The van der Waals surface area contributed by atoms with E-state index in [1.54, 1.807) is 0 Å². The number of rotatable bonds is 5. The molecular weight excluding hydrogens is 310 g/mol. The van der Waals surface area contributed by atoms with E-state index in [4.69, 9.17) is 0 Å². The third-order valence-electron chi connectivity index (χ3n) is 4.01. The van der Waals surface area contributed by atoms with Crippen molar-refractivity contribution in [2.75, 3.05) is 0 Å². The largest absolute Gasteiger partial charge is 0.306 e. The Bertz CT molecular complexity index is 555. The summed E-state index contributed by atoms with van der Waals surface area (Å²) in [7, 11) is 0. The predicted molar refractivity (Wildman–Crippen MR) is 87.8 cm³/mol. The fourth-order valence-electron chi connectivity index (χ4n) is 2.46. The number of halogens is 1. The van der Waals surface area contributed by atoms with Crippen molar-refractivity contribution in [1.82, 2.24) is 5.32 Å². The molecule has 0 bridgehead atoms. The summed E-state index contributed by atoms with van der Waals surface area (Å²) in [6, 6.07) is 18.0. The minimum Gasteiger partial charge on any atom is -0.306 e. The molecule has 2 aromatic carbocycles. The molecule has 1 atom stereocenters. The quantitative estimate of drug-likeness (QED) is 0.797. The van der Waals surface area contributed by atoms with Crippen LogP contribution in [0.5, 0.6) is 0 Å². The Labute approximate surface area is 129 Å². The van der Waals surface area contributed by atoms with Gasteiger partial charge in [0.2, 0.25) is 0 Å². The maximum Gasteiger partial charge on any atom is 0.0294 e. The monoisotopic (exact) mass is 329 g/mol. The van der Waals surface area contributed by atoms with E-state index in [1.807, 2.05) is 0 Å². The van der Waals surface area contributed by atoms with Crippen molar-refractivity contribution in [2.24, 2.45) is 0 Å². The lowest BCUT2D eigenvalue weighted by atomic mass is 10.1. The molecule has 0 saturated heterocycles. The highest BCUT2D eigenvalue weighted by molar-refractivity contribution is 9.10. The van der Waals surface area contributed by atoms with E-state index in [0.717, 1.165) is 16.9 Å². The van der Waals surface area contributed by atoms with E-state index in [2.05, 4.69) is 76.7 Å². The lowest BCUT2D eigenvalue weighted by Gasteiger charge is -2.14. The van der Waals surface area contributed by atoms with Gasteiger partial charge in [0.1, 0.15) is 0 Å². The van der Waals surface area contributed by atoms with Crippen LogP contribution >= 0.6 is 15.9 Å². The molecule has 0 aromatic heterocycles. The van der Waals surface area contributed by atoms with E-state index in [0.29, 0.717) is 6.04 Å². The SMILES string of the molecule is C[C@@H](NCc1ccc(C2CC2)cc1)c1ccc(Br)cc1. The molecule has 20 heavy (non-hydrogen) atoms. The van der Waals surface area contributed by atoms with Crippen molar-refractivity contribution in [2.45, 2.75) is 38.3 Å². The number of benzene rings is 2. The summed E-state index contributed by atoms with van der Waals surface area (Å²) in [5, 5.41) is 3.58. The minimum absolute atomic E-state index is 0.367. The molecule has 0 spiro atoms. The smallest absolute Gasteiger partial charge is 0.0294 e. The van der Waals surface area contributed by atoms with Gasteiger partial charge in [-0.25, -0.2) is 0 Å². The summed E-state index contributed by atoms with van der Waals surface area (Å²) in [5.74, 6) is 0.846. The number of hydrogen-bond donors (Lipinski definition) is 1. The Kier molecular flexibility index (Phi) is 4.23. The van der Waals surface area contributed by atoms with Gasteiger partial charge in [-0.1, -0.05) is 52.3 Å². The van der Waals surface area contributed by atoms with Gasteiger partial charge in [0.15, 0.2) is 0 Å². The second kappa shape index (κ2) is 6.11. The first-order valence-corrected chi connectivity index (χ1v) is 8.09. The van der Waals surface area contributed by atoms with E-state index in [9.17, 15) is 0 Å². The Morgan fingerprint density at radius 3 is 2.30 bits per heavy atom. The number of nitrogens with one attached hydrogen (secondary N) is 1. The second-order valence-electron chi connectivity index (χ2n) is 5.67. The first-order chi connectivity index (χ1) is 9.72. The van der Waals surface area contributed by atoms with Crippen molar-refractivity contribution in [1.29, 1.82) is 0 Å². The van der Waals surface area contributed by atoms with Gasteiger partial charge in [0.25, 0.3) is 0 Å². The van der Waals surface area contributed by atoms with Crippen LogP contribution in [-0.2, 0) is 6.54 Å². The van der Waals surface area contributed by atoms with Crippen molar-refractivity contribution >= 4 is 15.9 Å². The van der Waals surface area contributed by atoms with Crippen LogP contribution in [0.2, 0.25) is 0 Å². The lowest BCUT2D eigenvalue weighted by Crippen LogP contribution is -2.17. The average molecular weight is 330 g/mol. The fraction of sp³-hybridized carbons (Fsp3) is 0.333.